The van der Waals surface area contributed by atoms with E-state index in [9.17, 15) is 14.7 Å². The molecule has 1 aliphatic heterocycles. The molecular weight excluding hydrogens is 340 g/mol. The molecule has 0 atom stereocenters. The normalized spacial score (nSPS) is 18.5. The van der Waals surface area contributed by atoms with Gasteiger partial charge < -0.3 is 15.3 Å². The van der Waals surface area contributed by atoms with E-state index in [4.69, 9.17) is 0 Å². The monoisotopic (exact) mass is 362 g/mol. The van der Waals surface area contributed by atoms with Gasteiger partial charge in [0.25, 0.3) is 0 Å². The van der Waals surface area contributed by atoms with E-state index < -0.39 is 5.97 Å². The molecule has 2 aromatic carbocycles. The first-order valence-electron chi connectivity index (χ1n) is 9.66. The average Bonchev–Trinajstić information content (AvgIpc) is 3.54. The Morgan fingerprint density at radius 1 is 1.11 bits per heavy atom. The van der Waals surface area contributed by atoms with E-state index in [1.54, 1.807) is 6.07 Å². The van der Waals surface area contributed by atoms with E-state index in [2.05, 4.69) is 5.32 Å². The Labute approximate surface area is 158 Å². The second kappa shape index (κ2) is 6.12. The quantitative estimate of drug-likeness (QED) is 0.804. The van der Waals surface area contributed by atoms with Gasteiger partial charge in [-0.3, -0.25) is 4.79 Å². The maximum atomic E-state index is 12.3. The summed E-state index contributed by atoms with van der Waals surface area (Å²) in [6, 6.07) is 11.5. The van der Waals surface area contributed by atoms with Gasteiger partial charge in [-0.2, -0.15) is 0 Å². The fraction of sp³-hybridized carbons (Fsp3) is 0.364. The summed E-state index contributed by atoms with van der Waals surface area (Å²) in [7, 11) is 0. The molecule has 0 saturated heterocycles. The number of carbonyl (C=O) groups is 2. The van der Waals surface area contributed by atoms with Gasteiger partial charge in [0.05, 0.1) is 17.7 Å². The van der Waals surface area contributed by atoms with Crippen molar-refractivity contribution in [1.82, 2.24) is 0 Å². The van der Waals surface area contributed by atoms with Crippen LogP contribution >= 0.6 is 0 Å². The zero-order chi connectivity index (χ0) is 18.5. The molecule has 138 valence electrons. The lowest BCUT2D eigenvalue weighted by Gasteiger charge is -2.17. The minimum atomic E-state index is -0.924. The first kappa shape index (κ1) is 16.4. The summed E-state index contributed by atoms with van der Waals surface area (Å²) in [5.41, 5.74) is 4.82. The maximum Gasteiger partial charge on any atom is 0.337 e. The predicted octanol–water partition coefficient (Wildman–Crippen LogP) is 4.30. The number of carboxylic acid groups (broad SMARTS) is 1. The molecule has 1 amide bonds. The van der Waals surface area contributed by atoms with E-state index in [1.807, 2.05) is 35.2 Å². The van der Waals surface area contributed by atoms with Crippen LogP contribution in [0.5, 0.6) is 0 Å². The number of nitrogens with one attached hydrogen (secondary N) is 1. The van der Waals surface area contributed by atoms with Gasteiger partial charge in [0.15, 0.2) is 0 Å². The molecule has 0 spiro atoms. The van der Waals surface area contributed by atoms with Gasteiger partial charge in [-0.1, -0.05) is 6.07 Å². The molecule has 0 bridgehead atoms. The van der Waals surface area contributed by atoms with Crippen LogP contribution in [-0.4, -0.2) is 23.5 Å². The number of hydrogen-bond donors (Lipinski definition) is 2. The summed E-state index contributed by atoms with van der Waals surface area (Å²) in [5.74, 6) is 0.405. The van der Waals surface area contributed by atoms with Crippen molar-refractivity contribution in [3.8, 4) is 0 Å². The molecule has 3 aliphatic rings. The molecule has 0 radical (unpaired) electrons. The van der Waals surface area contributed by atoms with Gasteiger partial charge in [0.2, 0.25) is 5.91 Å². The Balaban J connectivity index is 1.41. The third-order valence-corrected chi connectivity index (χ3v) is 5.75. The van der Waals surface area contributed by atoms with Gasteiger partial charge in [-0.25, -0.2) is 4.79 Å². The molecule has 27 heavy (non-hydrogen) atoms. The Morgan fingerprint density at radius 3 is 2.63 bits per heavy atom. The summed E-state index contributed by atoms with van der Waals surface area (Å²) in [6.45, 7) is 0.824. The van der Waals surface area contributed by atoms with Crippen LogP contribution in [0, 0.1) is 5.92 Å². The summed E-state index contributed by atoms with van der Waals surface area (Å²) < 4.78 is 0. The average molecular weight is 362 g/mol. The smallest absolute Gasteiger partial charge is 0.337 e. The summed E-state index contributed by atoms with van der Waals surface area (Å²) >= 11 is 0. The zero-order valence-corrected chi connectivity index (χ0v) is 15.1. The van der Waals surface area contributed by atoms with Gasteiger partial charge in [0.1, 0.15) is 0 Å². The molecule has 5 nitrogen and oxygen atoms in total. The highest BCUT2D eigenvalue weighted by molar-refractivity contribution is 6.02. The molecule has 2 aliphatic carbocycles. The van der Waals surface area contributed by atoms with Crippen molar-refractivity contribution >= 4 is 28.9 Å². The Kier molecular flexibility index (Phi) is 3.71. The number of carbonyl (C=O) groups excluding carboxylic acids is 1. The largest absolute Gasteiger partial charge is 0.478 e. The van der Waals surface area contributed by atoms with E-state index in [0.29, 0.717) is 29.5 Å². The number of rotatable bonds is 6. The van der Waals surface area contributed by atoms with Gasteiger partial charge in [-0.05, 0) is 79.0 Å². The molecule has 2 saturated carbocycles. The standard InChI is InChI=1S/C22H22N2O3/c25-21-11-16-9-17(6-8-20(16)24(21)12-13-1-2-13)23-19-7-5-15(14-3-4-14)10-18(19)22(26)27/h5-10,13-14,23H,1-4,11-12H2,(H,26,27). The van der Waals surface area contributed by atoms with E-state index in [-0.39, 0.29) is 5.91 Å². The number of aromatic carboxylic acids is 1. The number of anilines is 3. The number of amides is 1. The molecule has 2 aromatic rings. The number of benzene rings is 2. The number of hydrogen-bond acceptors (Lipinski definition) is 3. The Bertz CT molecular complexity index is 945. The van der Waals surface area contributed by atoms with Crippen molar-refractivity contribution in [3.05, 3.63) is 53.1 Å². The summed E-state index contributed by atoms with van der Waals surface area (Å²) in [6.07, 6.45) is 5.13. The van der Waals surface area contributed by atoms with Gasteiger partial charge >= 0.3 is 5.97 Å². The highest BCUT2D eigenvalue weighted by Gasteiger charge is 2.33. The second-order valence-electron chi connectivity index (χ2n) is 7.98. The van der Waals surface area contributed by atoms with Crippen molar-refractivity contribution in [2.75, 3.05) is 16.8 Å². The number of nitrogens with zero attached hydrogens (tertiary/aromatic N) is 1. The molecule has 2 N–H and O–H groups in total. The van der Waals surface area contributed by atoms with E-state index in [0.717, 1.165) is 41.9 Å². The predicted molar refractivity (Wildman–Crippen MR) is 104 cm³/mol. The van der Waals surface area contributed by atoms with Crippen molar-refractivity contribution in [1.29, 1.82) is 0 Å². The SMILES string of the molecule is O=C(O)c1cc(C2CC2)ccc1Nc1ccc2c(c1)CC(=O)N2CC1CC1. The number of carboxylic acids is 1. The fourth-order valence-corrected chi connectivity index (χ4v) is 3.89. The lowest BCUT2D eigenvalue weighted by molar-refractivity contribution is -0.117. The van der Waals surface area contributed by atoms with Gasteiger partial charge in [0, 0.05) is 17.9 Å². The molecule has 1 heterocycles. The van der Waals surface area contributed by atoms with Crippen LogP contribution in [0.25, 0.3) is 0 Å². The molecule has 0 aromatic heterocycles. The first-order chi connectivity index (χ1) is 13.1. The lowest BCUT2D eigenvalue weighted by atomic mass is 10.0. The van der Waals surface area contributed by atoms with Gasteiger partial charge in [-0.15, -0.1) is 0 Å². The third-order valence-electron chi connectivity index (χ3n) is 5.75. The molecule has 5 heteroatoms. The van der Waals surface area contributed by atoms with E-state index >= 15 is 0 Å². The second-order valence-corrected chi connectivity index (χ2v) is 7.98. The Morgan fingerprint density at radius 2 is 1.93 bits per heavy atom. The highest BCUT2D eigenvalue weighted by atomic mass is 16.4. The van der Waals surface area contributed by atoms with Crippen LogP contribution < -0.4 is 10.2 Å². The van der Waals surface area contributed by atoms with Crippen molar-refractivity contribution in [2.24, 2.45) is 5.92 Å². The maximum absolute atomic E-state index is 12.3. The van der Waals surface area contributed by atoms with E-state index in [1.165, 1.54) is 12.8 Å². The first-order valence-corrected chi connectivity index (χ1v) is 9.66. The molecule has 0 unspecified atom stereocenters. The summed E-state index contributed by atoms with van der Waals surface area (Å²) in [5, 5.41) is 12.8. The minimum absolute atomic E-state index is 0.161. The highest BCUT2D eigenvalue weighted by Crippen LogP contribution is 2.41. The Hall–Kier alpha value is -2.82. The third kappa shape index (κ3) is 3.18. The van der Waals surface area contributed by atoms with Crippen molar-refractivity contribution < 1.29 is 14.7 Å². The summed E-state index contributed by atoms with van der Waals surface area (Å²) in [4.78, 5) is 25.9. The minimum Gasteiger partial charge on any atom is -0.478 e. The van der Waals surface area contributed by atoms with Crippen molar-refractivity contribution in [2.45, 2.75) is 38.0 Å². The number of fused-ring (bicyclic) bond motifs is 1. The topological polar surface area (TPSA) is 69.6 Å². The van der Waals surface area contributed by atoms with Crippen LogP contribution in [0.15, 0.2) is 36.4 Å². The van der Waals surface area contributed by atoms with Crippen molar-refractivity contribution in [3.63, 3.8) is 0 Å². The zero-order valence-electron chi connectivity index (χ0n) is 15.1. The lowest BCUT2D eigenvalue weighted by Crippen LogP contribution is -2.28. The van der Waals surface area contributed by atoms with Crippen LogP contribution in [0.4, 0.5) is 17.1 Å². The van der Waals surface area contributed by atoms with Crippen LogP contribution in [0.1, 0.15) is 53.1 Å². The molecular formula is C22H22N2O3. The molecule has 2 fully saturated rings. The fourth-order valence-electron chi connectivity index (χ4n) is 3.89. The van der Waals surface area contributed by atoms with Crippen LogP contribution in [0.3, 0.4) is 0 Å². The van der Waals surface area contributed by atoms with Crippen LogP contribution in [-0.2, 0) is 11.2 Å². The van der Waals surface area contributed by atoms with Crippen LogP contribution in [0.2, 0.25) is 0 Å². The molecule has 5 rings (SSSR count).